The molecular formula is C16H18FN3O. The Bertz CT molecular complexity index is 678. The van der Waals surface area contributed by atoms with Gasteiger partial charge < -0.3 is 5.32 Å². The number of benzene rings is 1. The Balaban J connectivity index is 1.76. The molecule has 0 bridgehead atoms. The summed E-state index contributed by atoms with van der Waals surface area (Å²) >= 11 is 0. The zero-order valence-corrected chi connectivity index (χ0v) is 12.1. The van der Waals surface area contributed by atoms with E-state index in [1.807, 2.05) is 19.9 Å². The summed E-state index contributed by atoms with van der Waals surface area (Å²) in [6.07, 6.45) is 1.38. The van der Waals surface area contributed by atoms with Gasteiger partial charge in [0.1, 0.15) is 11.5 Å². The molecule has 0 saturated carbocycles. The minimum Gasteiger partial charge on any atom is -0.344 e. The molecule has 2 N–H and O–H groups in total. The van der Waals surface area contributed by atoms with E-state index in [9.17, 15) is 9.18 Å². The Labute approximate surface area is 122 Å². The van der Waals surface area contributed by atoms with Crippen LogP contribution in [0, 0.1) is 5.82 Å². The molecule has 4 nitrogen and oxygen atoms in total. The maximum Gasteiger partial charge on any atom is 0.272 e. The second-order valence-corrected chi connectivity index (χ2v) is 5.74. The molecule has 0 aliphatic heterocycles. The van der Waals surface area contributed by atoms with Crippen molar-refractivity contribution < 1.29 is 9.18 Å². The summed E-state index contributed by atoms with van der Waals surface area (Å²) in [5, 5.41) is 9.85. The molecular weight excluding hydrogens is 269 g/mol. The van der Waals surface area contributed by atoms with Crippen LogP contribution in [0.4, 0.5) is 4.39 Å². The van der Waals surface area contributed by atoms with Crippen LogP contribution in [0.15, 0.2) is 24.3 Å². The van der Waals surface area contributed by atoms with Gasteiger partial charge in [-0.3, -0.25) is 9.89 Å². The van der Waals surface area contributed by atoms with Crippen molar-refractivity contribution in [2.45, 2.75) is 38.6 Å². The van der Waals surface area contributed by atoms with Crippen molar-refractivity contribution in [2.75, 3.05) is 0 Å². The van der Waals surface area contributed by atoms with Gasteiger partial charge in [0.2, 0.25) is 0 Å². The predicted molar refractivity (Wildman–Crippen MR) is 77.6 cm³/mol. The number of halogens is 1. The fraction of sp³-hybridized carbons (Fsp3) is 0.375. The van der Waals surface area contributed by atoms with Gasteiger partial charge in [0, 0.05) is 5.69 Å². The lowest BCUT2D eigenvalue weighted by atomic mass is 10.1. The number of rotatable bonds is 3. The first-order valence-corrected chi connectivity index (χ1v) is 7.19. The number of hydrogen-bond donors (Lipinski definition) is 2. The molecule has 21 heavy (non-hydrogen) atoms. The number of hydrogen-bond acceptors (Lipinski definition) is 2. The Morgan fingerprint density at radius 1 is 1.48 bits per heavy atom. The largest absolute Gasteiger partial charge is 0.344 e. The lowest BCUT2D eigenvalue weighted by molar-refractivity contribution is 0.0931. The second-order valence-electron chi connectivity index (χ2n) is 5.74. The van der Waals surface area contributed by atoms with Crippen LogP contribution in [0.2, 0.25) is 0 Å². The Hall–Kier alpha value is -2.17. The number of amides is 1. The number of carbonyl (C=O) groups is 1. The summed E-state index contributed by atoms with van der Waals surface area (Å²) in [7, 11) is 0. The van der Waals surface area contributed by atoms with Crippen molar-refractivity contribution in [3.8, 4) is 0 Å². The predicted octanol–water partition coefficient (Wildman–Crippen LogP) is 3.09. The first-order chi connectivity index (χ1) is 10.1. The normalized spacial score (nSPS) is 17.0. The lowest BCUT2D eigenvalue weighted by Crippen LogP contribution is -2.27. The minimum atomic E-state index is -0.222. The number of nitrogens with zero attached hydrogens (tertiary/aromatic N) is 1. The lowest BCUT2D eigenvalue weighted by Gasteiger charge is -2.13. The highest BCUT2D eigenvalue weighted by molar-refractivity contribution is 5.92. The molecule has 0 fully saturated rings. The molecule has 1 atom stereocenters. The first-order valence-electron chi connectivity index (χ1n) is 7.19. The molecule has 3 rings (SSSR count). The highest BCUT2D eigenvalue weighted by atomic mass is 19.1. The van der Waals surface area contributed by atoms with Gasteiger partial charge in [-0.1, -0.05) is 26.0 Å². The summed E-state index contributed by atoms with van der Waals surface area (Å²) in [6, 6.07) is 6.65. The molecule has 1 unspecified atom stereocenters. The van der Waals surface area contributed by atoms with E-state index in [4.69, 9.17) is 0 Å². The van der Waals surface area contributed by atoms with E-state index in [1.54, 1.807) is 12.1 Å². The van der Waals surface area contributed by atoms with E-state index >= 15 is 0 Å². The van der Waals surface area contributed by atoms with Gasteiger partial charge in [-0.2, -0.15) is 5.10 Å². The van der Waals surface area contributed by atoms with Crippen LogP contribution in [0.3, 0.4) is 0 Å². The zero-order valence-electron chi connectivity index (χ0n) is 12.1. The number of aromatic nitrogens is 2. The summed E-state index contributed by atoms with van der Waals surface area (Å²) < 4.78 is 13.7. The number of aromatic amines is 1. The number of H-pyrrole nitrogens is 1. The van der Waals surface area contributed by atoms with Crippen molar-refractivity contribution >= 4 is 5.91 Å². The third-order valence-corrected chi connectivity index (χ3v) is 3.97. The summed E-state index contributed by atoms with van der Waals surface area (Å²) in [6.45, 7) is 4.07. The fourth-order valence-electron chi connectivity index (χ4n) is 2.74. The van der Waals surface area contributed by atoms with Crippen LogP contribution in [0.5, 0.6) is 0 Å². The van der Waals surface area contributed by atoms with Crippen molar-refractivity contribution in [3.63, 3.8) is 0 Å². The molecule has 0 radical (unpaired) electrons. The average molecular weight is 287 g/mol. The molecule has 1 aromatic heterocycles. The Morgan fingerprint density at radius 2 is 2.29 bits per heavy atom. The van der Waals surface area contributed by atoms with E-state index in [0.717, 1.165) is 17.7 Å². The van der Waals surface area contributed by atoms with Crippen molar-refractivity contribution in [1.82, 2.24) is 15.5 Å². The topological polar surface area (TPSA) is 57.8 Å². The highest BCUT2D eigenvalue weighted by Crippen LogP contribution is 2.32. The SMILES string of the molecule is CC(C)c1cc(C(=O)NC2CCc3c(F)cccc32)n[nH]1. The molecule has 5 heteroatoms. The first kappa shape index (κ1) is 13.8. The Morgan fingerprint density at radius 3 is 3.00 bits per heavy atom. The number of fused-ring (bicyclic) bond motifs is 1. The molecule has 1 amide bonds. The quantitative estimate of drug-likeness (QED) is 0.911. The molecule has 1 aliphatic rings. The summed E-state index contributed by atoms with van der Waals surface area (Å²) in [4.78, 5) is 12.2. The van der Waals surface area contributed by atoms with E-state index < -0.39 is 0 Å². The standard InChI is InChI=1S/C16H18FN3O/c1-9(2)14-8-15(20-19-14)16(21)18-13-7-6-10-11(13)4-3-5-12(10)17/h3-5,8-9,13H,6-7H2,1-2H3,(H,18,21)(H,19,20). The van der Waals surface area contributed by atoms with Gasteiger partial charge in [-0.15, -0.1) is 0 Å². The second kappa shape index (κ2) is 5.31. The monoisotopic (exact) mass is 287 g/mol. The van der Waals surface area contributed by atoms with Crippen LogP contribution in [0.1, 0.15) is 59.5 Å². The smallest absolute Gasteiger partial charge is 0.272 e. The molecule has 110 valence electrons. The zero-order chi connectivity index (χ0) is 15.0. The highest BCUT2D eigenvalue weighted by Gasteiger charge is 2.27. The molecule has 1 aromatic carbocycles. The summed E-state index contributed by atoms with van der Waals surface area (Å²) in [5.41, 5.74) is 2.90. The fourth-order valence-corrected chi connectivity index (χ4v) is 2.74. The Kier molecular flexibility index (Phi) is 3.49. The van der Waals surface area contributed by atoms with Crippen molar-refractivity contribution in [3.05, 3.63) is 52.6 Å². The van der Waals surface area contributed by atoms with Crippen LogP contribution in [-0.2, 0) is 6.42 Å². The average Bonchev–Trinajstić information content (AvgIpc) is 3.07. The van der Waals surface area contributed by atoms with Crippen LogP contribution >= 0.6 is 0 Å². The van der Waals surface area contributed by atoms with Gasteiger partial charge in [0.15, 0.2) is 0 Å². The molecule has 1 heterocycles. The van der Waals surface area contributed by atoms with Gasteiger partial charge in [-0.05, 0) is 42.0 Å². The molecule has 0 spiro atoms. The third-order valence-electron chi connectivity index (χ3n) is 3.97. The van der Waals surface area contributed by atoms with Gasteiger partial charge in [0.25, 0.3) is 5.91 Å². The maximum atomic E-state index is 13.7. The molecule has 2 aromatic rings. The van der Waals surface area contributed by atoms with E-state index in [0.29, 0.717) is 23.6 Å². The van der Waals surface area contributed by atoms with Crippen molar-refractivity contribution in [2.24, 2.45) is 0 Å². The number of carbonyl (C=O) groups excluding carboxylic acids is 1. The van der Waals surface area contributed by atoms with E-state index in [1.165, 1.54) is 6.07 Å². The van der Waals surface area contributed by atoms with Crippen LogP contribution < -0.4 is 5.32 Å². The van der Waals surface area contributed by atoms with E-state index in [-0.39, 0.29) is 17.8 Å². The van der Waals surface area contributed by atoms with Crippen LogP contribution in [-0.4, -0.2) is 16.1 Å². The van der Waals surface area contributed by atoms with E-state index in [2.05, 4.69) is 15.5 Å². The van der Waals surface area contributed by atoms with Crippen LogP contribution in [0.25, 0.3) is 0 Å². The molecule has 1 aliphatic carbocycles. The number of nitrogens with one attached hydrogen (secondary N) is 2. The molecule has 0 saturated heterocycles. The maximum absolute atomic E-state index is 13.7. The van der Waals surface area contributed by atoms with Gasteiger partial charge in [0.05, 0.1) is 6.04 Å². The summed E-state index contributed by atoms with van der Waals surface area (Å²) in [5.74, 6) is -0.119. The van der Waals surface area contributed by atoms with Crippen molar-refractivity contribution in [1.29, 1.82) is 0 Å². The third kappa shape index (κ3) is 2.55. The van der Waals surface area contributed by atoms with Gasteiger partial charge >= 0.3 is 0 Å². The van der Waals surface area contributed by atoms with Gasteiger partial charge in [-0.25, -0.2) is 4.39 Å². The minimum absolute atomic E-state index is 0.137.